The summed E-state index contributed by atoms with van der Waals surface area (Å²) in [5.41, 5.74) is 13.0. The first-order chi connectivity index (χ1) is 38.2. The molecule has 2 aliphatic rings. The van der Waals surface area contributed by atoms with Crippen LogP contribution in [0.1, 0.15) is 58.1 Å². The van der Waals surface area contributed by atoms with Gasteiger partial charge < -0.3 is 47.7 Å². The molecule has 2 fully saturated rings. The predicted molar refractivity (Wildman–Crippen MR) is 281 cm³/mol. The number of aliphatic hydroxyl groups is 1. The summed E-state index contributed by atoms with van der Waals surface area (Å²) in [6.07, 6.45) is -16.7. The van der Waals surface area contributed by atoms with Gasteiger partial charge in [0.05, 0.1) is 48.7 Å². The Labute approximate surface area is 449 Å². The number of nitrogens with zero attached hydrogens (tertiary/aromatic N) is 3. The minimum Gasteiger partial charge on any atom is -0.452 e. The Kier molecular flexibility index (Phi) is 18.8. The number of rotatable bonds is 21. The Morgan fingerprint density at radius 2 is 0.769 bits per heavy atom. The highest BCUT2D eigenvalue weighted by molar-refractivity contribution is 5.92. The Balaban J connectivity index is 1.17. The fraction of sp³-hybridized carbons (Fsp3) is 0.246. The summed E-state index contributed by atoms with van der Waals surface area (Å²) in [5.74, 6) is -3.90. The summed E-state index contributed by atoms with van der Waals surface area (Å²) >= 11 is 0. The molecule has 7 aromatic carbocycles. The van der Waals surface area contributed by atoms with E-state index in [0.29, 0.717) is 0 Å². The molecule has 11 atom stereocenters. The molecule has 1 heterocycles. The molecule has 78 heavy (non-hydrogen) atoms. The van der Waals surface area contributed by atoms with Gasteiger partial charge in [-0.25, -0.2) is 19.2 Å². The summed E-state index contributed by atoms with van der Waals surface area (Å²) in [4.78, 5) is 60.6. The molecule has 17 nitrogen and oxygen atoms in total. The van der Waals surface area contributed by atoms with E-state index in [1.54, 1.807) is 72.8 Å². The number of azide groups is 1. The Hall–Kier alpha value is -8.51. The molecule has 398 valence electrons. The molecule has 0 aromatic heterocycles. The van der Waals surface area contributed by atoms with Crippen LogP contribution in [0.25, 0.3) is 10.4 Å². The lowest BCUT2D eigenvalue weighted by atomic mass is 9.83. The maximum absolute atomic E-state index is 14.5. The van der Waals surface area contributed by atoms with Gasteiger partial charge in [-0.05, 0) is 70.8 Å². The van der Waals surface area contributed by atoms with Gasteiger partial charge in [-0.15, -0.1) is 0 Å². The van der Waals surface area contributed by atoms with Gasteiger partial charge >= 0.3 is 23.9 Å². The van der Waals surface area contributed by atoms with Crippen molar-refractivity contribution in [3.05, 3.63) is 262 Å². The molecule has 9 rings (SSSR count). The monoisotopic (exact) mass is 1050 g/mol. The molecular weight excluding hydrogens is 999 g/mol. The van der Waals surface area contributed by atoms with Crippen molar-refractivity contribution in [2.24, 2.45) is 5.11 Å². The maximum Gasteiger partial charge on any atom is 0.338 e. The van der Waals surface area contributed by atoms with Crippen LogP contribution in [-0.2, 0) is 62.5 Å². The number of hydrogen-bond donors (Lipinski definition) is 1. The van der Waals surface area contributed by atoms with Crippen molar-refractivity contribution in [2.75, 3.05) is 6.61 Å². The van der Waals surface area contributed by atoms with Gasteiger partial charge in [-0.3, -0.25) is 0 Å². The van der Waals surface area contributed by atoms with E-state index in [-0.39, 0.29) is 48.7 Å². The molecule has 0 unspecified atom stereocenters. The summed E-state index contributed by atoms with van der Waals surface area (Å²) < 4.78 is 58.4. The molecule has 1 saturated carbocycles. The molecule has 7 aromatic rings. The van der Waals surface area contributed by atoms with Crippen molar-refractivity contribution < 1.29 is 66.9 Å². The summed E-state index contributed by atoms with van der Waals surface area (Å²) in [5, 5.41) is 17.2. The SMILES string of the molecule is [N-]=[N+]=N[C@H]1[C@@H](O[C@@H]2[C@@H](O)[C@H](OC(=O)c3ccccc3)[C@@H](OC(=O)c3ccccc3)[C@@H](OC(=O)c3ccccc3)[C@@H]2OC(=O)c2ccccc2)O[C@H](COCc2ccccc2)[C@@H](OCc2ccccc2)[C@@H]1OCc1ccccc1. The van der Waals surface area contributed by atoms with Crippen LogP contribution in [0.5, 0.6) is 0 Å². The van der Waals surface area contributed by atoms with E-state index < -0.39 is 91.1 Å². The third-order valence-electron chi connectivity index (χ3n) is 13.0. The zero-order valence-electron chi connectivity index (χ0n) is 42.0. The van der Waals surface area contributed by atoms with Crippen LogP contribution in [0.3, 0.4) is 0 Å². The number of ether oxygens (including phenoxy) is 9. The molecule has 0 bridgehead atoms. The number of esters is 4. The van der Waals surface area contributed by atoms with Gasteiger partial charge in [0, 0.05) is 4.91 Å². The van der Waals surface area contributed by atoms with Crippen molar-refractivity contribution in [3.63, 3.8) is 0 Å². The van der Waals surface area contributed by atoms with Crippen LogP contribution in [0.4, 0.5) is 0 Å². The van der Waals surface area contributed by atoms with E-state index in [1.807, 2.05) is 91.0 Å². The van der Waals surface area contributed by atoms with Crippen molar-refractivity contribution in [1.29, 1.82) is 0 Å². The smallest absolute Gasteiger partial charge is 0.338 e. The Morgan fingerprint density at radius 3 is 1.17 bits per heavy atom. The van der Waals surface area contributed by atoms with Crippen molar-refractivity contribution in [3.8, 4) is 0 Å². The second-order valence-corrected chi connectivity index (χ2v) is 18.3. The highest BCUT2D eigenvalue weighted by atomic mass is 16.7. The van der Waals surface area contributed by atoms with Crippen molar-refractivity contribution in [2.45, 2.75) is 87.1 Å². The first-order valence-electron chi connectivity index (χ1n) is 25.2. The largest absolute Gasteiger partial charge is 0.452 e. The van der Waals surface area contributed by atoms with E-state index in [0.717, 1.165) is 16.7 Å². The number of carbonyl (C=O) groups excluding carboxylic acids is 4. The quantitative estimate of drug-likeness (QED) is 0.0233. The minimum absolute atomic E-state index is 0.00861. The number of benzene rings is 7. The van der Waals surface area contributed by atoms with Crippen LogP contribution in [0, 0.1) is 0 Å². The summed E-state index contributed by atoms with van der Waals surface area (Å²) in [7, 11) is 0. The van der Waals surface area contributed by atoms with Gasteiger partial charge in [0.2, 0.25) is 0 Å². The molecule has 0 amide bonds. The molecule has 17 heteroatoms. The maximum atomic E-state index is 14.5. The lowest BCUT2D eigenvalue weighted by molar-refractivity contribution is -0.325. The Morgan fingerprint density at radius 1 is 0.436 bits per heavy atom. The molecule has 1 aliphatic carbocycles. The summed E-state index contributed by atoms with van der Waals surface area (Å²) in [6.45, 7) is 0.0614. The van der Waals surface area contributed by atoms with Crippen LogP contribution >= 0.6 is 0 Å². The fourth-order valence-electron chi connectivity index (χ4n) is 9.17. The van der Waals surface area contributed by atoms with Crippen LogP contribution in [-0.4, -0.2) is 103 Å². The Bertz CT molecular complexity index is 3070. The minimum atomic E-state index is -2.11. The number of aliphatic hydroxyl groups excluding tert-OH is 1. The molecular formula is C61H55N3O14. The lowest BCUT2D eigenvalue weighted by Crippen LogP contribution is -2.70. The molecule has 0 spiro atoms. The third kappa shape index (κ3) is 13.9. The van der Waals surface area contributed by atoms with Gasteiger partial charge in [-0.2, -0.15) is 0 Å². The van der Waals surface area contributed by atoms with Gasteiger partial charge in [0.15, 0.2) is 30.7 Å². The molecule has 1 saturated heterocycles. The lowest BCUT2D eigenvalue weighted by Gasteiger charge is -2.50. The first-order valence-corrected chi connectivity index (χ1v) is 25.2. The zero-order valence-corrected chi connectivity index (χ0v) is 42.0. The average molecular weight is 1050 g/mol. The van der Waals surface area contributed by atoms with Crippen molar-refractivity contribution >= 4 is 23.9 Å². The zero-order chi connectivity index (χ0) is 54.1. The van der Waals surface area contributed by atoms with Crippen LogP contribution in [0.15, 0.2) is 217 Å². The molecule has 1 N–H and O–H groups in total. The standard InChI is InChI=1S/C61H55N3O14/c62-64-63-48-51(72-38-42-26-12-3-13-27-42)50(71-37-41-24-10-2-11-25-41)47(39-70-36-40-22-8-1-9-23-40)73-61(48)78-53-49(65)52(74-57(66)43-28-14-4-15-29-43)54(75-58(67)44-30-16-5-17-31-44)56(77-60(69)46-34-20-7-21-35-46)55(53)76-59(68)45-32-18-6-19-33-45/h1-35,47-56,61,65H,36-39H2/t47-,48-,49+,50-,51-,52+,53-,54-,55-,56-,61-/m1/s1. The van der Waals surface area contributed by atoms with E-state index >= 15 is 0 Å². The van der Waals surface area contributed by atoms with Crippen LogP contribution in [0.2, 0.25) is 0 Å². The number of hydrogen-bond acceptors (Lipinski definition) is 15. The highest BCUT2D eigenvalue weighted by Gasteiger charge is 2.60. The van der Waals surface area contributed by atoms with Crippen LogP contribution < -0.4 is 0 Å². The van der Waals surface area contributed by atoms with E-state index in [1.165, 1.54) is 48.5 Å². The van der Waals surface area contributed by atoms with E-state index in [2.05, 4.69) is 10.0 Å². The highest BCUT2D eigenvalue weighted by Crippen LogP contribution is 2.38. The first kappa shape index (κ1) is 54.3. The normalized spacial score (nSPS) is 23.6. The fourth-order valence-corrected chi connectivity index (χ4v) is 9.17. The van der Waals surface area contributed by atoms with E-state index in [9.17, 15) is 29.8 Å². The molecule has 1 aliphatic heterocycles. The third-order valence-corrected chi connectivity index (χ3v) is 13.0. The summed E-state index contributed by atoms with van der Waals surface area (Å²) in [6, 6.07) is 57.9. The average Bonchev–Trinajstić information content (AvgIpc) is 3.50. The molecule has 0 radical (unpaired) electrons. The van der Waals surface area contributed by atoms with E-state index in [4.69, 9.17) is 42.6 Å². The van der Waals surface area contributed by atoms with Crippen molar-refractivity contribution in [1.82, 2.24) is 0 Å². The number of carbonyl (C=O) groups is 4. The topological polar surface area (TPSA) is 220 Å². The second kappa shape index (κ2) is 27.0. The van der Waals surface area contributed by atoms with Gasteiger partial charge in [0.1, 0.15) is 36.6 Å². The second-order valence-electron chi connectivity index (χ2n) is 18.3. The predicted octanol–water partition coefficient (Wildman–Crippen LogP) is 9.44. The van der Waals surface area contributed by atoms with Gasteiger partial charge in [0.25, 0.3) is 0 Å². The van der Waals surface area contributed by atoms with Gasteiger partial charge in [-0.1, -0.05) is 169 Å².